The van der Waals surface area contributed by atoms with Gasteiger partial charge in [0.15, 0.2) is 0 Å². The molecule has 20 heavy (non-hydrogen) atoms. The van der Waals surface area contributed by atoms with Gasteiger partial charge in [-0.25, -0.2) is 32.5 Å². The van der Waals surface area contributed by atoms with Crippen molar-refractivity contribution in [3.8, 4) is 0 Å². The van der Waals surface area contributed by atoms with Crippen molar-refractivity contribution in [2.75, 3.05) is 0 Å². The van der Waals surface area contributed by atoms with Gasteiger partial charge in [-0.2, -0.15) is 0 Å². The predicted molar refractivity (Wildman–Crippen MR) is 61.8 cm³/mol. The third kappa shape index (κ3) is 5.31. The van der Waals surface area contributed by atoms with Gasteiger partial charge in [0, 0.05) is 12.1 Å². The fraction of sp³-hybridized carbons (Fsp3) is 0.200. The SMILES string of the molecule is FC(F)c1cc(Cl)ncn1.O=c1cc(C(F)F)nc[nH]1. The van der Waals surface area contributed by atoms with Crippen LogP contribution in [0.15, 0.2) is 29.6 Å². The second-order valence-corrected chi connectivity index (χ2v) is 3.59. The summed E-state index contributed by atoms with van der Waals surface area (Å²) in [4.78, 5) is 22.5. The second-order valence-electron chi connectivity index (χ2n) is 3.20. The van der Waals surface area contributed by atoms with Crippen molar-refractivity contribution in [2.24, 2.45) is 0 Å². The molecule has 5 nitrogen and oxygen atoms in total. The second kappa shape index (κ2) is 7.53. The van der Waals surface area contributed by atoms with E-state index in [-0.39, 0.29) is 10.8 Å². The number of rotatable bonds is 2. The standard InChI is InChI=1S/C5H3ClF2N2.C5H4F2N2O/c6-4-1-3(5(7)8)9-2-10-4;6-5(7)3-1-4(10)9-2-8-3/h1-2,5H;1-2,5H,(H,8,9,10). The number of aromatic amines is 1. The molecule has 10 heteroatoms. The van der Waals surface area contributed by atoms with E-state index in [4.69, 9.17) is 11.6 Å². The van der Waals surface area contributed by atoms with Gasteiger partial charge in [0.25, 0.3) is 18.4 Å². The van der Waals surface area contributed by atoms with E-state index in [1.807, 2.05) is 0 Å². The Kier molecular flexibility index (Phi) is 6.04. The number of nitrogens with zero attached hydrogens (tertiary/aromatic N) is 3. The lowest BCUT2D eigenvalue weighted by Gasteiger charge is -1.95. The molecule has 0 aliphatic heterocycles. The van der Waals surface area contributed by atoms with E-state index < -0.39 is 24.1 Å². The molecule has 0 fully saturated rings. The van der Waals surface area contributed by atoms with E-state index in [0.29, 0.717) is 0 Å². The summed E-state index contributed by atoms with van der Waals surface area (Å²) in [5.41, 5.74) is -1.41. The maximum absolute atomic E-state index is 11.8. The van der Waals surface area contributed by atoms with Gasteiger partial charge in [-0.05, 0) is 0 Å². The van der Waals surface area contributed by atoms with Gasteiger partial charge in [0.05, 0.1) is 6.33 Å². The number of halogens is 5. The Balaban J connectivity index is 0.000000200. The Bertz CT molecular complexity index is 608. The van der Waals surface area contributed by atoms with Crippen molar-refractivity contribution in [3.63, 3.8) is 0 Å². The maximum atomic E-state index is 11.8. The van der Waals surface area contributed by atoms with E-state index in [0.717, 1.165) is 24.8 Å². The number of hydrogen-bond donors (Lipinski definition) is 1. The van der Waals surface area contributed by atoms with Crippen LogP contribution in [0.3, 0.4) is 0 Å². The molecule has 108 valence electrons. The molecular weight excluding hydrogens is 304 g/mol. The average molecular weight is 311 g/mol. The number of alkyl halides is 4. The summed E-state index contributed by atoms with van der Waals surface area (Å²) >= 11 is 5.30. The lowest BCUT2D eigenvalue weighted by atomic mass is 10.4. The Morgan fingerprint density at radius 3 is 2.00 bits per heavy atom. The topological polar surface area (TPSA) is 71.5 Å². The first kappa shape index (κ1) is 16.0. The van der Waals surface area contributed by atoms with Crippen LogP contribution in [0.4, 0.5) is 17.6 Å². The van der Waals surface area contributed by atoms with Crippen LogP contribution in [-0.2, 0) is 0 Å². The molecule has 0 unspecified atom stereocenters. The first-order valence-corrected chi connectivity index (χ1v) is 5.36. The molecule has 2 aromatic heterocycles. The average Bonchev–Trinajstić information content (AvgIpc) is 2.39. The monoisotopic (exact) mass is 310 g/mol. The molecule has 0 aliphatic rings. The molecule has 0 bridgehead atoms. The summed E-state index contributed by atoms with van der Waals surface area (Å²) in [5, 5.41) is 0.0327. The van der Waals surface area contributed by atoms with E-state index in [1.54, 1.807) is 0 Å². The Morgan fingerprint density at radius 1 is 1.00 bits per heavy atom. The van der Waals surface area contributed by atoms with Crippen LogP contribution in [0.5, 0.6) is 0 Å². The molecule has 0 saturated carbocycles. The normalized spacial score (nSPS) is 10.3. The zero-order valence-corrected chi connectivity index (χ0v) is 10.4. The first-order valence-electron chi connectivity index (χ1n) is 4.98. The Morgan fingerprint density at radius 2 is 1.60 bits per heavy atom. The molecule has 0 saturated heterocycles. The van der Waals surface area contributed by atoms with Crippen molar-refractivity contribution in [1.82, 2.24) is 19.9 Å². The highest BCUT2D eigenvalue weighted by molar-refractivity contribution is 6.29. The molecule has 2 heterocycles. The fourth-order valence-electron chi connectivity index (χ4n) is 0.970. The lowest BCUT2D eigenvalue weighted by molar-refractivity contribution is 0.145. The molecular formula is C10H7ClF4N4O. The van der Waals surface area contributed by atoms with Crippen molar-refractivity contribution < 1.29 is 17.6 Å². The zero-order chi connectivity index (χ0) is 15.1. The molecule has 0 radical (unpaired) electrons. The van der Waals surface area contributed by atoms with Gasteiger partial charge >= 0.3 is 0 Å². The third-order valence-electron chi connectivity index (χ3n) is 1.80. The van der Waals surface area contributed by atoms with Gasteiger partial charge < -0.3 is 4.98 Å². The minimum absolute atomic E-state index is 0.0327. The minimum Gasteiger partial charge on any atom is -0.313 e. The summed E-state index contributed by atoms with van der Waals surface area (Å²) in [6.45, 7) is 0. The molecule has 0 amide bonds. The summed E-state index contributed by atoms with van der Waals surface area (Å²) < 4.78 is 47.1. The van der Waals surface area contributed by atoms with Crippen molar-refractivity contribution >= 4 is 11.6 Å². The molecule has 0 atom stereocenters. The summed E-state index contributed by atoms with van der Waals surface area (Å²) in [6.07, 6.45) is -3.31. The number of H-pyrrole nitrogens is 1. The van der Waals surface area contributed by atoms with Crippen LogP contribution in [-0.4, -0.2) is 19.9 Å². The smallest absolute Gasteiger partial charge is 0.280 e. The molecule has 0 aliphatic carbocycles. The zero-order valence-electron chi connectivity index (χ0n) is 9.60. The number of hydrogen-bond acceptors (Lipinski definition) is 4. The molecule has 2 aromatic rings. The highest BCUT2D eigenvalue weighted by atomic mass is 35.5. The van der Waals surface area contributed by atoms with Gasteiger partial charge in [-0.15, -0.1) is 0 Å². The predicted octanol–water partition coefficient (Wildman–Crippen LogP) is 2.78. The molecule has 0 aromatic carbocycles. The summed E-state index contributed by atoms with van der Waals surface area (Å²) in [7, 11) is 0. The van der Waals surface area contributed by atoms with Crippen LogP contribution in [0.2, 0.25) is 5.15 Å². The number of aromatic nitrogens is 4. The van der Waals surface area contributed by atoms with Crippen LogP contribution in [0.25, 0.3) is 0 Å². The van der Waals surface area contributed by atoms with Crippen LogP contribution < -0.4 is 5.56 Å². The van der Waals surface area contributed by atoms with Crippen molar-refractivity contribution in [2.45, 2.75) is 12.9 Å². The maximum Gasteiger partial charge on any atom is 0.280 e. The van der Waals surface area contributed by atoms with E-state index >= 15 is 0 Å². The number of nitrogens with one attached hydrogen (secondary N) is 1. The highest BCUT2D eigenvalue weighted by Gasteiger charge is 2.08. The van der Waals surface area contributed by atoms with Crippen molar-refractivity contribution in [1.29, 1.82) is 0 Å². The van der Waals surface area contributed by atoms with E-state index in [9.17, 15) is 22.4 Å². The van der Waals surface area contributed by atoms with Crippen LogP contribution in [0, 0.1) is 0 Å². The van der Waals surface area contributed by atoms with Crippen LogP contribution >= 0.6 is 11.6 Å². The van der Waals surface area contributed by atoms with E-state index in [1.165, 1.54) is 0 Å². The Hall–Kier alpha value is -2.03. The highest BCUT2D eigenvalue weighted by Crippen LogP contribution is 2.17. The van der Waals surface area contributed by atoms with Gasteiger partial charge in [0.2, 0.25) is 0 Å². The van der Waals surface area contributed by atoms with Gasteiger partial charge in [0.1, 0.15) is 22.9 Å². The van der Waals surface area contributed by atoms with Crippen molar-refractivity contribution in [3.05, 3.63) is 51.7 Å². The molecule has 2 rings (SSSR count). The third-order valence-corrected chi connectivity index (χ3v) is 2.01. The molecule has 0 spiro atoms. The first-order chi connectivity index (χ1) is 9.40. The lowest BCUT2D eigenvalue weighted by Crippen LogP contribution is -2.06. The van der Waals surface area contributed by atoms with Gasteiger partial charge in [-0.1, -0.05) is 11.6 Å². The minimum atomic E-state index is -2.68. The fourth-order valence-corrected chi connectivity index (χ4v) is 1.13. The summed E-state index contributed by atoms with van der Waals surface area (Å²) in [6, 6.07) is 1.80. The Labute approximate surface area is 114 Å². The summed E-state index contributed by atoms with van der Waals surface area (Å²) in [5.74, 6) is 0. The van der Waals surface area contributed by atoms with E-state index in [2.05, 4.69) is 19.9 Å². The largest absolute Gasteiger partial charge is 0.313 e. The van der Waals surface area contributed by atoms with Crippen LogP contribution in [0.1, 0.15) is 24.2 Å². The van der Waals surface area contributed by atoms with Gasteiger partial charge in [-0.3, -0.25) is 4.79 Å². The quantitative estimate of drug-likeness (QED) is 0.684. The molecule has 1 N–H and O–H groups in total.